The summed E-state index contributed by atoms with van der Waals surface area (Å²) in [5, 5.41) is 14.9. The van der Waals surface area contributed by atoms with E-state index in [2.05, 4.69) is 26.4 Å². The van der Waals surface area contributed by atoms with Gasteiger partial charge in [0, 0.05) is 61.0 Å². The Morgan fingerprint density at radius 2 is 1.98 bits per heavy atom. The minimum Gasteiger partial charge on any atom is -0.477 e. The number of rotatable bonds is 9. The summed E-state index contributed by atoms with van der Waals surface area (Å²) in [7, 11) is 0. The zero-order valence-corrected chi connectivity index (χ0v) is 24.1. The molecule has 1 fully saturated rings. The number of carboxylic acid groups (broad SMARTS) is 1. The Balaban J connectivity index is 1.31. The average molecular weight is 585 g/mol. The molecule has 12 nitrogen and oxygen atoms in total. The van der Waals surface area contributed by atoms with Crippen LogP contribution in [0.2, 0.25) is 0 Å². The number of aromatic carboxylic acids is 1. The molecule has 1 N–H and O–H groups in total. The van der Waals surface area contributed by atoms with E-state index >= 15 is 0 Å². The summed E-state index contributed by atoms with van der Waals surface area (Å²) in [4.78, 5) is 53.7. The Kier molecular flexibility index (Phi) is 7.11. The third kappa shape index (κ3) is 4.96. The minimum atomic E-state index is -1.34. The summed E-state index contributed by atoms with van der Waals surface area (Å²) >= 11 is 1.06. The zero-order chi connectivity index (χ0) is 29.5. The quantitative estimate of drug-likeness (QED) is 0.273. The summed E-state index contributed by atoms with van der Waals surface area (Å²) < 4.78 is 7.86. The first-order valence-electron chi connectivity index (χ1n) is 13.6. The molecule has 0 radical (unpaired) electrons. The molecule has 214 valence electrons. The monoisotopic (exact) mass is 584 g/mol. The summed E-state index contributed by atoms with van der Waals surface area (Å²) in [5.41, 5.74) is 2.40. The van der Waals surface area contributed by atoms with Gasteiger partial charge in [-0.1, -0.05) is 6.92 Å². The van der Waals surface area contributed by atoms with Gasteiger partial charge in [-0.25, -0.2) is 9.78 Å². The third-order valence-electron chi connectivity index (χ3n) is 7.40. The van der Waals surface area contributed by atoms with Crippen LogP contribution < -0.4 is 10.3 Å². The Labute approximate surface area is 244 Å². The Hall–Kier alpha value is -4.78. The molecule has 0 aliphatic carbocycles. The van der Waals surface area contributed by atoms with Gasteiger partial charge in [0.05, 0.1) is 23.4 Å². The van der Waals surface area contributed by atoms with Crippen molar-refractivity contribution in [1.29, 1.82) is 0 Å². The number of carboxylic acids is 1. The molecule has 6 rings (SSSR count). The van der Waals surface area contributed by atoms with Crippen LogP contribution in [0.1, 0.15) is 40.7 Å². The summed E-state index contributed by atoms with van der Waals surface area (Å²) in [5.74, 6) is -0.334. The van der Waals surface area contributed by atoms with Crippen LogP contribution in [-0.4, -0.2) is 63.6 Å². The Morgan fingerprint density at radius 1 is 1.17 bits per heavy atom. The molecular formula is C29H28N8O4S. The fourth-order valence-electron chi connectivity index (χ4n) is 5.16. The van der Waals surface area contributed by atoms with Gasteiger partial charge in [0.1, 0.15) is 17.2 Å². The van der Waals surface area contributed by atoms with E-state index in [0.29, 0.717) is 41.0 Å². The van der Waals surface area contributed by atoms with Crippen LogP contribution in [0.25, 0.3) is 27.6 Å². The van der Waals surface area contributed by atoms with Crippen LogP contribution >= 0.6 is 11.5 Å². The van der Waals surface area contributed by atoms with Crippen LogP contribution in [0.5, 0.6) is 0 Å². The molecule has 1 aliphatic rings. The van der Waals surface area contributed by atoms with E-state index in [9.17, 15) is 19.5 Å². The van der Waals surface area contributed by atoms with E-state index in [-0.39, 0.29) is 34.7 Å². The number of carbonyl (C=O) groups is 2. The van der Waals surface area contributed by atoms with Gasteiger partial charge in [-0.2, -0.15) is 14.5 Å². The van der Waals surface area contributed by atoms with Crippen LogP contribution in [0.3, 0.4) is 0 Å². The molecule has 5 aromatic heterocycles. The number of hydrogen-bond donors (Lipinski definition) is 1. The summed E-state index contributed by atoms with van der Waals surface area (Å²) in [6.45, 7) is 7.65. The molecular weight excluding hydrogens is 556 g/mol. The fourth-order valence-corrected chi connectivity index (χ4v) is 5.83. The molecule has 13 heteroatoms. The average Bonchev–Trinajstić information content (AvgIpc) is 3.55. The molecule has 42 heavy (non-hydrogen) atoms. The highest BCUT2D eigenvalue weighted by Crippen LogP contribution is 2.30. The highest BCUT2D eigenvalue weighted by molar-refractivity contribution is 7.08. The van der Waals surface area contributed by atoms with Gasteiger partial charge in [-0.15, -0.1) is 0 Å². The summed E-state index contributed by atoms with van der Waals surface area (Å²) in [6.07, 6.45) is 5.79. The molecule has 0 saturated carbocycles. The van der Waals surface area contributed by atoms with E-state index < -0.39 is 11.4 Å². The molecule has 0 unspecified atom stereocenters. The lowest BCUT2D eigenvalue weighted by molar-refractivity contribution is -0.123. The predicted octanol–water partition coefficient (Wildman–Crippen LogP) is 3.47. The SMILES string of the molecule is CCCn1nc(CC(=O)C2CN(c3cc(C)c4c(=O)c(C(=O)O)cn(-c5nc(-c6cccnc6)ns5)c4n3)C2)cc1C. The van der Waals surface area contributed by atoms with E-state index in [1.165, 1.54) is 10.8 Å². The molecule has 5 aromatic rings. The molecule has 0 atom stereocenters. The normalized spacial score (nSPS) is 13.5. The van der Waals surface area contributed by atoms with E-state index in [4.69, 9.17) is 4.98 Å². The largest absolute Gasteiger partial charge is 0.477 e. The number of pyridine rings is 3. The number of Topliss-reactive ketones (excluding diaryl/α,β-unsaturated/α-hetero) is 1. The van der Waals surface area contributed by atoms with E-state index in [0.717, 1.165) is 35.9 Å². The number of anilines is 1. The van der Waals surface area contributed by atoms with Crippen molar-refractivity contribution in [3.05, 3.63) is 75.6 Å². The van der Waals surface area contributed by atoms with Crippen molar-refractivity contribution in [2.45, 2.75) is 40.2 Å². The van der Waals surface area contributed by atoms with Gasteiger partial charge < -0.3 is 10.0 Å². The number of aromatic nitrogens is 7. The molecule has 0 bridgehead atoms. The van der Waals surface area contributed by atoms with Gasteiger partial charge in [0.25, 0.3) is 0 Å². The number of ketones is 1. The second-order valence-electron chi connectivity index (χ2n) is 10.4. The van der Waals surface area contributed by atoms with Crippen molar-refractivity contribution >= 4 is 40.1 Å². The van der Waals surface area contributed by atoms with Gasteiger partial charge >= 0.3 is 5.97 Å². The summed E-state index contributed by atoms with van der Waals surface area (Å²) in [6, 6.07) is 7.33. The third-order valence-corrected chi connectivity index (χ3v) is 8.11. The molecule has 1 saturated heterocycles. The zero-order valence-electron chi connectivity index (χ0n) is 23.3. The highest BCUT2D eigenvalue weighted by Gasteiger charge is 2.34. The lowest BCUT2D eigenvalue weighted by atomic mass is 9.92. The van der Waals surface area contributed by atoms with E-state index in [1.54, 1.807) is 31.5 Å². The van der Waals surface area contributed by atoms with Crippen molar-refractivity contribution in [2.24, 2.45) is 5.92 Å². The number of aryl methyl sites for hydroxylation is 3. The lowest BCUT2D eigenvalue weighted by Gasteiger charge is -2.39. The highest BCUT2D eigenvalue weighted by atomic mass is 32.1. The van der Waals surface area contributed by atoms with Crippen LogP contribution in [0.4, 0.5) is 5.82 Å². The first kappa shape index (κ1) is 27.4. The maximum Gasteiger partial charge on any atom is 0.341 e. The minimum absolute atomic E-state index is 0.129. The standard InChI is InChI=1S/C29H28N8O4S/c1-4-8-37-17(3)10-20(33-37)11-22(38)19-13-35(14-19)23-9-16(2)24-25(39)21(28(40)41)15-36(27(24)31-23)29-32-26(34-42-29)18-6-5-7-30-12-18/h5-7,9-10,12,15,19H,4,8,11,13-14H2,1-3H3,(H,40,41). The number of hydrogen-bond acceptors (Lipinski definition) is 10. The molecule has 1 aliphatic heterocycles. The van der Waals surface area contributed by atoms with Crippen molar-refractivity contribution < 1.29 is 14.7 Å². The first-order chi connectivity index (χ1) is 20.2. The molecule has 0 aromatic carbocycles. The van der Waals surface area contributed by atoms with Crippen LogP contribution in [0, 0.1) is 19.8 Å². The number of fused-ring (bicyclic) bond motifs is 1. The second-order valence-corrected chi connectivity index (χ2v) is 11.2. The maximum absolute atomic E-state index is 13.2. The van der Waals surface area contributed by atoms with Gasteiger partial charge in [-0.05, 0) is 50.1 Å². The van der Waals surface area contributed by atoms with Gasteiger partial charge in [0.2, 0.25) is 10.6 Å². The Morgan fingerprint density at radius 3 is 2.69 bits per heavy atom. The van der Waals surface area contributed by atoms with Crippen LogP contribution in [-0.2, 0) is 17.8 Å². The van der Waals surface area contributed by atoms with Crippen molar-refractivity contribution in [1.82, 2.24) is 33.7 Å². The molecule has 0 amide bonds. The number of nitrogens with zero attached hydrogens (tertiary/aromatic N) is 8. The second kappa shape index (κ2) is 10.9. The smallest absolute Gasteiger partial charge is 0.341 e. The predicted molar refractivity (Wildman–Crippen MR) is 157 cm³/mol. The van der Waals surface area contributed by atoms with Crippen molar-refractivity contribution in [3.8, 4) is 16.5 Å². The topological polar surface area (TPSA) is 149 Å². The van der Waals surface area contributed by atoms with E-state index in [1.807, 2.05) is 28.6 Å². The van der Waals surface area contributed by atoms with Crippen molar-refractivity contribution in [2.75, 3.05) is 18.0 Å². The molecule has 6 heterocycles. The van der Waals surface area contributed by atoms with Crippen LogP contribution in [0.15, 0.2) is 47.7 Å². The maximum atomic E-state index is 13.2. The molecule has 0 spiro atoms. The fraction of sp³-hybridized carbons (Fsp3) is 0.310. The van der Waals surface area contributed by atoms with Gasteiger partial charge in [-0.3, -0.25) is 23.8 Å². The van der Waals surface area contributed by atoms with Crippen molar-refractivity contribution in [3.63, 3.8) is 0 Å². The number of carbonyl (C=O) groups excluding carboxylic acids is 1. The van der Waals surface area contributed by atoms with Gasteiger partial charge in [0.15, 0.2) is 11.5 Å². The lowest BCUT2D eigenvalue weighted by Crippen LogP contribution is -2.51. The first-order valence-corrected chi connectivity index (χ1v) is 14.4. The Bertz CT molecular complexity index is 1890.